The molecule has 0 aliphatic carbocycles. The first-order valence-electron chi connectivity index (χ1n) is 5.53. The SMILES string of the molecule is CC/C=C(\C)N=C(CCCC)N(C)C. The van der Waals surface area contributed by atoms with Crippen molar-refractivity contribution in [2.45, 2.75) is 46.5 Å². The molecule has 0 amide bonds. The molecule has 0 heterocycles. The summed E-state index contributed by atoms with van der Waals surface area (Å²) in [5.74, 6) is 1.19. The Bertz CT molecular complexity index is 202. The maximum Gasteiger partial charge on any atom is 0.104 e. The number of aliphatic imine (C=N–C) groups is 1. The van der Waals surface area contributed by atoms with Crippen LogP contribution >= 0.6 is 0 Å². The van der Waals surface area contributed by atoms with E-state index in [4.69, 9.17) is 0 Å². The van der Waals surface area contributed by atoms with Crippen LogP contribution in [-0.2, 0) is 0 Å². The molecule has 0 aromatic heterocycles. The van der Waals surface area contributed by atoms with Crippen molar-refractivity contribution in [3.8, 4) is 0 Å². The second-order valence-electron chi connectivity index (χ2n) is 3.78. The molecule has 0 saturated heterocycles. The summed E-state index contributed by atoms with van der Waals surface area (Å²) >= 11 is 0. The lowest BCUT2D eigenvalue weighted by molar-refractivity contribution is 0.593. The zero-order valence-corrected chi connectivity index (χ0v) is 10.3. The van der Waals surface area contributed by atoms with Gasteiger partial charge in [0, 0.05) is 26.2 Å². The maximum absolute atomic E-state index is 4.61. The predicted molar refractivity (Wildman–Crippen MR) is 64.7 cm³/mol. The fourth-order valence-corrected chi connectivity index (χ4v) is 1.26. The first-order chi connectivity index (χ1) is 6.61. The highest BCUT2D eigenvalue weighted by Gasteiger charge is 2.00. The molecule has 0 aliphatic rings. The molecule has 0 fully saturated rings. The van der Waals surface area contributed by atoms with Crippen LogP contribution in [0, 0.1) is 0 Å². The molecule has 0 saturated carbocycles. The van der Waals surface area contributed by atoms with E-state index in [1.165, 1.54) is 18.7 Å². The third-order valence-electron chi connectivity index (χ3n) is 2.08. The Balaban J connectivity index is 4.39. The summed E-state index contributed by atoms with van der Waals surface area (Å²) in [6.07, 6.45) is 6.75. The third-order valence-corrected chi connectivity index (χ3v) is 2.08. The Morgan fingerprint density at radius 3 is 2.36 bits per heavy atom. The molecular formula is C12H24N2. The lowest BCUT2D eigenvalue weighted by atomic mass is 10.2. The molecule has 0 N–H and O–H groups in total. The molecule has 0 bridgehead atoms. The monoisotopic (exact) mass is 196 g/mol. The minimum absolute atomic E-state index is 1.06. The second-order valence-corrected chi connectivity index (χ2v) is 3.78. The van der Waals surface area contributed by atoms with Crippen LogP contribution in [0.1, 0.15) is 46.5 Å². The van der Waals surface area contributed by atoms with Crippen molar-refractivity contribution in [3.63, 3.8) is 0 Å². The van der Waals surface area contributed by atoms with E-state index in [1.807, 2.05) is 0 Å². The Kier molecular flexibility index (Phi) is 7.17. The normalized spacial score (nSPS) is 13.2. The van der Waals surface area contributed by atoms with Gasteiger partial charge in [0.1, 0.15) is 5.84 Å². The summed E-state index contributed by atoms with van der Waals surface area (Å²) < 4.78 is 0. The Morgan fingerprint density at radius 1 is 1.29 bits per heavy atom. The van der Waals surface area contributed by atoms with E-state index < -0.39 is 0 Å². The Morgan fingerprint density at radius 2 is 1.93 bits per heavy atom. The standard InChI is InChI=1S/C12H24N2/c1-6-8-10-12(14(4)5)13-11(3)9-7-2/h9H,6-8,10H2,1-5H3/b11-9+,13-12?. The highest BCUT2D eigenvalue weighted by atomic mass is 15.1. The van der Waals surface area contributed by atoms with Gasteiger partial charge in [0.05, 0.1) is 0 Å². The van der Waals surface area contributed by atoms with Gasteiger partial charge in [-0.25, -0.2) is 4.99 Å². The van der Waals surface area contributed by atoms with Crippen molar-refractivity contribution in [2.75, 3.05) is 14.1 Å². The van der Waals surface area contributed by atoms with Gasteiger partial charge in [-0.3, -0.25) is 0 Å². The van der Waals surface area contributed by atoms with Crippen LogP contribution in [0.3, 0.4) is 0 Å². The molecule has 0 aliphatic heterocycles. The van der Waals surface area contributed by atoms with Crippen molar-refractivity contribution in [1.29, 1.82) is 0 Å². The molecule has 2 nitrogen and oxygen atoms in total. The summed E-state index contributed by atoms with van der Waals surface area (Å²) in [6.45, 7) is 6.42. The van der Waals surface area contributed by atoms with Gasteiger partial charge in [0.25, 0.3) is 0 Å². The molecule has 2 heteroatoms. The van der Waals surface area contributed by atoms with E-state index >= 15 is 0 Å². The van der Waals surface area contributed by atoms with Crippen LogP contribution in [0.2, 0.25) is 0 Å². The van der Waals surface area contributed by atoms with Gasteiger partial charge < -0.3 is 4.90 Å². The summed E-state index contributed by atoms with van der Waals surface area (Å²) in [4.78, 5) is 6.72. The zero-order chi connectivity index (χ0) is 11.0. The summed E-state index contributed by atoms with van der Waals surface area (Å²) in [6, 6.07) is 0. The average molecular weight is 196 g/mol. The maximum atomic E-state index is 4.61. The molecule has 0 atom stereocenters. The Labute approximate surface area is 88.7 Å². The number of nitrogens with zero attached hydrogens (tertiary/aromatic N) is 2. The van der Waals surface area contributed by atoms with Gasteiger partial charge in [0.15, 0.2) is 0 Å². The molecule has 0 aromatic rings. The summed E-state index contributed by atoms with van der Waals surface area (Å²) in [5.41, 5.74) is 1.13. The van der Waals surface area contributed by atoms with E-state index in [1.54, 1.807) is 0 Å². The van der Waals surface area contributed by atoms with Crippen LogP contribution in [0.4, 0.5) is 0 Å². The fourth-order valence-electron chi connectivity index (χ4n) is 1.26. The van der Waals surface area contributed by atoms with E-state index in [2.05, 4.69) is 50.8 Å². The summed E-state index contributed by atoms with van der Waals surface area (Å²) in [7, 11) is 4.13. The number of rotatable bonds is 5. The highest BCUT2D eigenvalue weighted by Crippen LogP contribution is 2.04. The third kappa shape index (κ3) is 5.79. The van der Waals surface area contributed by atoms with Gasteiger partial charge in [0.2, 0.25) is 0 Å². The van der Waals surface area contributed by atoms with Gasteiger partial charge in [-0.1, -0.05) is 26.3 Å². The van der Waals surface area contributed by atoms with Gasteiger partial charge >= 0.3 is 0 Å². The minimum Gasteiger partial charge on any atom is -0.366 e. The van der Waals surface area contributed by atoms with Crippen LogP contribution < -0.4 is 0 Å². The lowest BCUT2D eigenvalue weighted by Gasteiger charge is -2.15. The average Bonchev–Trinajstić information content (AvgIpc) is 2.12. The fraction of sp³-hybridized carbons (Fsp3) is 0.750. The van der Waals surface area contributed by atoms with E-state index in [9.17, 15) is 0 Å². The van der Waals surface area contributed by atoms with Gasteiger partial charge in [-0.2, -0.15) is 0 Å². The Hall–Kier alpha value is -0.790. The van der Waals surface area contributed by atoms with Gasteiger partial charge in [-0.15, -0.1) is 0 Å². The highest BCUT2D eigenvalue weighted by molar-refractivity contribution is 5.82. The summed E-state index contributed by atoms with van der Waals surface area (Å²) in [5, 5.41) is 0. The van der Waals surface area contributed by atoms with Crippen molar-refractivity contribution in [1.82, 2.24) is 4.90 Å². The van der Waals surface area contributed by atoms with E-state index in [0.29, 0.717) is 0 Å². The number of unbranched alkanes of at least 4 members (excludes halogenated alkanes) is 1. The molecule has 0 unspecified atom stereocenters. The van der Waals surface area contributed by atoms with Crippen molar-refractivity contribution < 1.29 is 0 Å². The van der Waals surface area contributed by atoms with E-state index in [-0.39, 0.29) is 0 Å². The molecule has 82 valence electrons. The van der Waals surface area contributed by atoms with Crippen molar-refractivity contribution >= 4 is 5.84 Å². The molecule has 0 aromatic carbocycles. The lowest BCUT2D eigenvalue weighted by Crippen LogP contribution is -2.21. The number of hydrogen-bond acceptors (Lipinski definition) is 1. The molecule has 14 heavy (non-hydrogen) atoms. The van der Waals surface area contributed by atoms with Crippen LogP contribution in [0.25, 0.3) is 0 Å². The second kappa shape index (κ2) is 7.60. The number of allylic oxidation sites excluding steroid dienone is 2. The minimum atomic E-state index is 1.06. The first kappa shape index (κ1) is 13.2. The molecule has 0 radical (unpaired) electrons. The molecule has 0 spiro atoms. The van der Waals surface area contributed by atoms with E-state index in [0.717, 1.165) is 18.5 Å². The zero-order valence-electron chi connectivity index (χ0n) is 10.3. The topological polar surface area (TPSA) is 15.6 Å². The molecular weight excluding hydrogens is 172 g/mol. The van der Waals surface area contributed by atoms with Crippen LogP contribution in [0.15, 0.2) is 16.8 Å². The van der Waals surface area contributed by atoms with Gasteiger partial charge in [-0.05, 0) is 19.8 Å². The molecule has 0 rings (SSSR count). The quantitative estimate of drug-likeness (QED) is 0.486. The van der Waals surface area contributed by atoms with Crippen LogP contribution in [0.5, 0.6) is 0 Å². The number of amidine groups is 1. The largest absolute Gasteiger partial charge is 0.366 e. The van der Waals surface area contributed by atoms with Crippen LogP contribution in [-0.4, -0.2) is 24.8 Å². The predicted octanol–water partition coefficient (Wildman–Crippen LogP) is 3.45. The first-order valence-corrected chi connectivity index (χ1v) is 5.53. The smallest absolute Gasteiger partial charge is 0.104 e. The number of hydrogen-bond donors (Lipinski definition) is 0. The van der Waals surface area contributed by atoms with Crippen molar-refractivity contribution in [2.24, 2.45) is 4.99 Å². The van der Waals surface area contributed by atoms with Crippen molar-refractivity contribution in [3.05, 3.63) is 11.8 Å².